The molecule has 0 aliphatic heterocycles. The highest BCUT2D eigenvalue weighted by molar-refractivity contribution is 5.90. The first-order valence-electron chi connectivity index (χ1n) is 7.70. The quantitative estimate of drug-likeness (QED) is 0.478. The van der Waals surface area contributed by atoms with Gasteiger partial charge < -0.3 is 14.9 Å². The maximum atomic E-state index is 11.7. The first-order valence-corrected chi connectivity index (χ1v) is 7.70. The van der Waals surface area contributed by atoms with Crippen molar-refractivity contribution < 1.29 is 13.9 Å². The van der Waals surface area contributed by atoms with E-state index in [0.717, 1.165) is 0 Å². The van der Waals surface area contributed by atoms with Crippen LogP contribution in [0.1, 0.15) is 16.1 Å². The van der Waals surface area contributed by atoms with Crippen LogP contribution in [0, 0.1) is 45.3 Å². The summed E-state index contributed by atoms with van der Waals surface area (Å²) >= 11 is 0. The number of nitrogens with two attached hydrogens (primary N) is 1. The number of carbonyl (C=O) groups is 1. The van der Waals surface area contributed by atoms with Gasteiger partial charge in [0.2, 0.25) is 0 Å². The SMILES string of the molecule is N#CCOC(=O)c1ccc(-c2ccc(/C=C(\C#N)C(N)=C(C#N)C#N)o2)cc1. The number of nitrogens with zero attached hydrogens (tertiary/aromatic N) is 4. The largest absolute Gasteiger partial charge is 0.457 e. The molecule has 0 saturated heterocycles. The molecule has 0 amide bonds. The fourth-order valence-corrected chi connectivity index (χ4v) is 2.13. The van der Waals surface area contributed by atoms with Gasteiger partial charge in [0.25, 0.3) is 0 Å². The normalized spacial score (nSPS) is 9.93. The van der Waals surface area contributed by atoms with E-state index < -0.39 is 5.97 Å². The van der Waals surface area contributed by atoms with Crippen LogP contribution in [0.3, 0.4) is 0 Å². The number of ether oxygens (including phenoxy) is 1. The van der Waals surface area contributed by atoms with Gasteiger partial charge in [0.1, 0.15) is 35.8 Å². The smallest absolute Gasteiger partial charge is 0.339 e. The van der Waals surface area contributed by atoms with Crippen molar-refractivity contribution in [2.24, 2.45) is 5.73 Å². The van der Waals surface area contributed by atoms with Crippen molar-refractivity contribution in [3.8, 4) is 35.6 Å². The first kappa shape index (κ1) is 19.5. The third-order valence-corrected chi connectivity index (χ3v) is 3.49. The molecular formula is C20H11N5O3. The molecule has 2 rings (SSSR count). The fraction of sp³-hybridized carbons (Fsp3) is 0.0500. The molecule has 0 bridgehead atoms. The Morgan fingerprint density at radius 2 is 1.71 bits per heavy atom. The highest BCUT2D eigenvalue weighted by atomic mass is 16.5. The van der Waals surface area contributed by atoms with E-state index in [9.17, 15) is 10.1 Å². The Labute approximate surface area is 160 Å². The summed E-state index contributed by atoms with van der Waals surface area (Å²) in [4.78, 5) is 11.7. The van der Waals surface area contributed by atoms with Crippen molar-refractivity contribution in [3.63, 3.8) is 0 Å². The number of hydrogen-bond donors (Lipinski definition) is 1. The van der Waals surface area contributed by atoms with E-state index in [4.69, 9.17) is 30.7 Å². The first-order chi connectivity index (χ1) is 13.5. The minimum absolute atomic E-state index is 0.0745. The molecule has 0 aliphatic rings. The van der Waals surface area contributed by atoms with Gasteiger partial charge in [0.05, 0.1) is 16.8 Å². The number of furan rings is 1. The van der Waals surface area contributed by atoms with Crippen LogP contribution in [0.4, 0.5) is 0 Å². The number of benzene rings is 1. The Bertz CT molecular complexity index is 1110. The van der Waals surface area contributed by atoms with Crippen molar-refractivity contribution in [1.29, 1.82) is 21.0 Å². The van der Waals surface area contributed by atoms with Gasteiger partial charge >= 0.3 is 5.97 Å². The third kappa shape index (κ3) is 4.43. The molecule has 0 fully saturated rings. The predicted octanol–water partition coefficient (Wildman–Crippen LogP) is 2.79. The highest BCUT2D eigenvalue weighted by Gasteiger charge is 2.11. The van der Waals surface area contributed by atoms with Crippen LogP contribution in [0.5, 0.6) is 0 Å². The van der Waals surface area contributed by atoms with Crippen molar-refractivity contribution >= 4 is 12.0 Å². The Hall–Kier alpha value is -4.79. The summed E-state index contributed by atoms with van der Waals surface area (Å²) in [6.07, 6.45) is 1.32. The van der Waals surface area contributed by atoms with Gasteiger partial charge in [0, 0.05) is 11.6 Å². The molecule has 0 unspecified atom stereocenters. The van der Waals surface area contributed by atoms with Gasteiger partial charge in [-0.25, -0.2) is 4.79 Å². The van der Waals surface area contributed by atoms with Crippen molar-refractivity contribution in [3.05, 3.63) is 64.6 Å². The lowest BCUT2D eigenvalue weighted by molar-refractivity contribution is 0.0555. The molecule has 0 spiro atoms. The van der Waals surface area contributed by atoms with Crippen LogP contribution < -0.4 is 5.73 Å². The summed E-state index contributed by atoms with van der Waals surface area (Å²) in [6.45, 7) is -0.327. The molecule has 0 atom stereocenters. The maximum Gasteiger partial charge on any atom is 0.339 e. The molecule has 2 N–H and O–H groups in total. The van der Waals surface area contributed by atoms with Crippen LogP contribution >= 0.6 is 0 Å². The van der Waals surface area contributed by atoms with Gasteiger partial charge in [-0.2, -0.15) is 21.0 Å². The van der Waals surface area contributed by atoms with Crippen molar-refractivity contribution in [1.82, 2.24) is 0 Å². The minimum atomic E-state index is -0.608. The second-order valence-corrected chi connectivity index (χ2v) is 5.20. The number of esters is 1. The topological polar surface area (TPSA) is 161 Å². The number of nitriles is 4. The molecule has 0 aliphatic carbocycles. The molecule has 28 heavy (non-hydrogen) atoms. The molecule has 8 nitrogen and oxygen atoms in total. The van der Waals surface area contributed by atoms with Gasteiger partial charge in [-0.15, -0.1) is 0 Å². The number of allylic oxidation sites excluding steroid dienone is 2. The van der Waals surface area contributed by atoms with Crippen LogP contribution in [0.25, 0.3) is 17.4 Å². The molecular weight excluding hydrogens is 358 g/mol. The second kappa shape index (κ2) is 9.06. The lowest BCUT2D eigenvalue weighted by Crippen LogP contribution is -2.04. The zero-order chi connectivity index (χ0) is 20.5. The molecule has 1 heterocycles. The monoisotopic (exact) mass is 369 g/mol. The van der Waals surface area contributed by atoms with Gasteiger partial charge in [-0.05, 0) is 24.3 Å². The second-order valence-electron chi connectivity index (χ2n) is 5.20. The lowest BCUT2D eigenvalue weighted by Gasteiger charge is -2.02. The fourth-order valence-electron chi connectivity index (χ4n) is 2.13. The number of hydrogen-bond acceptors (Lipinski definition) is 8. The summed E-state index contributed by atoms with van der Waals surface area (Å²) in [5, 5.41) is 35.3. The van der Waals surface area contributed by atoms with E-state index in [1.807, 2.05) is 6.07 Å². The van der Waals surface area contributed by atoms with Crippen molar-refractivity contribution in [2.45, 2.75) is 0 Å². The van der Waals surface area contributed by atoms with E-state index >= 15 is 0 Å². The Morgan fingerprint density at radius 3 is 2.29 bits per heavy atom. The zero-order valence-electron chi connectivity index (χ0n) is 14.3. The average Bonchev–Trinajstić information content (AvgIpc) is 3.19. The molecule has 0 saturated carbocycles. The van der Waals surface area contributed by atoms with E-state index in [1.165, 1.54) is 18.2 Å². The summed E-state index contributed by atoms with van der Waals surface area (Å²) in [7, 11) is 0. The Morgan fingerprint density at radius 1 is 1.04 bits per heavy atom. The Balaban J connectivity index is 2.27. The predicted molar refractivity (Wildman–Crippen MR) is 96.1 cm³/mol. The van der Waals surface area contributed by atoms with Gasteiger partial charge in [-0.3, -0.25) is 0 Å². The summed E-state index contributed by atoms with van der Waals surface area (Å²) in [5.41, 5.74) is 5.96. The summed E-state index contributed by atoms with van der Waals surface area (Å²) in [5.74, 6) is 0.147. The van der Waals surface area contributed by atoms with Gasteiger partial charge in [0.15, 0.2) is 12.2 Å². The standard InChI is InChI=1S/C20H11N5O3/c21-7-8-27-20(26)14-3-1-13(2-4-14)18-6-5-17(28-18)9-15(10-22)19(25)16(11-23)12-24/h1-6,9H,8,25H2/b15-9+. The molecule has 8 heteroatoms. The molecule has 2 aromatic rings. The van der Waals surface area contributed by atoms with Crippen LogP contribution in [0.15, 0.2) is 57.7 Å². The summed E-state index contributed by atoms with van der Waals surface area (Å²) in [6, 6.07) is 16.4. The van der Waals surface area contributed by atoms with E-state index in [1.54, 1.807) is 42.5 Å². The van der Waals surface area contributed by atoms with Gasteiger partial charge in [-0.1, -0.05) is 12.1 Å². The van der Waals surface area contributed by atoms with Crippen LogP contribution in [-0.2, 0) is 4.74 Å². The molecule has 1 aromatic heterocycles. The Kier molecular flexibility index (Phi) is 6.32. The van der Waals surface area contributed by atoms with E-state index in [0.29, 0.717) is 17.1 Å². The molecule has 134 valence electrons. The van der Waals surface area contributed by atoms with Crippen LogP contribution in [0.2, 0.25) is 0 Å². The van der Waals surface area contributed by atoms with Crippen LogP contribution in [-0.4, -0.2) is 12.6 Å². The van der Waals surface area contributed by atoms with E-state index in [-0.39, 0.29) is 29.0 Å². The number of carbonyl (C=O) groups excluding carboxylic acids is 1. The zero-order valence-corrected chi connectivity index (χ0v) is 14.3. The summed E-state index contributed by atoms with van der Waals surface area (Å²) < 4.78 is 10.4. The van der Waals surface area contributed by atoms with E-state index in [2.05, 4.69) is 0 Å². The number of rotatable bonds is 5. The molecule has 1 aromatic carbocycles. The average molecular weight is 369 g/mol. The molecule has 0 radical (unpaired) electrons. The highest BCUT2D eigenvalue weighted by Crippen LogP contribution is 2.25. The lowest BCUT2D eigenvalue weighted by atomic mass is 10.1. The maximum absolute atomic E-state index is 11.7. The third-order valence-electron chi connectivity index (χ3n) is 3.49. The van der Waals surface area contributed by atoms with Crippen molar-refractivity contribution in [2.75, 3.05) is 6.61 Å². The minimum Gasteiger partial charge on any atom is -0.457 e.